The number of carbonyl (C=O) groups is 2. The van der Waals surface area contributed by atoms with Crippen LogP contribution in [0.4, 0.5) is 0 Å². The smallest absolute Gasteiger partial charge is 0.310 e. The van der Waals surface area contributed by atoms with E-state index < -0.39 is 30.9 Å². The molecule has 1 N–H and O–H groups in total. The van der Waals surface area contributed by atoms with Crippen LogP contribution < -0.4 is 0 Å². The Morgan fingerprint density at radius 2 is 2.30 bits per heavy atom. The Morgan fingerprint density at radius 1 is 1.70 bits per heavy atom. The zero-order valence-corrected chi connectivity index (χ0v) is 5.26. The molecule has 0 saturated heterocycles. The van der Waals surface area contributed by atoms with E-state index in [-0.39, 0.29) is 0 Å². The van der Waals surface area contributed by atoms with Crippen molar-refractivity contribution in [1.82, 2.24) is 0 Å². The summed E-state index contributed by atoms with van der Waals surface area (Å²) >= 11 is 0. The number of allylic oxidation sites excluding steroid dienone is 1. The van der Waals surface area contributed by atoms with Crippen LogP contribution in [0.1, 0.15) is 24.6 Å². The van der Waals surface area contributed by atoms with Gasteiger partial charge in [0.05, 0.1) is 0 Å². The highest BCUT2D eigenvalue weighted by Crippen LogP contribution is 1.94. The Kier molecular flexibility index (Phi) is 1.85. The van der Waals surface area contributed by atoms with Gasteiger partial charge in [-0.25, -0.2) is 0 Å². The van der Waals surface area contributed by atoms with Crippen molar-refractivity contribution in [2.75, 3.05) is 0 Å². The Bertz CT molecular complexity index is 272. The van der Waals surface area contributed by atoms with Gasteiger partial charge in [-0.3, -0.25) is 9.59 Å². The highest BCUT2D eigenvalue weighted by molar-refractivity contribution is 5.94. The number of aliphatic carboxylic acids is 1. The van der Waals surface area contributed by atoms with Gasteiger partial charge < -0.3 is 5.11 Å². The Morgan fingerprint density at radius 3 is 2.70 bits per heavy atom. The molecule has 0 atom stereocenters. The van der Waals surface area contributed by atoms with Gasteiger partial charge in [-0.15, -0.1) is 6.58 Å². The summed E-state index contributed by atoms with van der Waals surface area (Å²) in [5.74, 6) is -3.59. The largest absolute Gasteiger partial charge is 0.481 e. The molecule has 0 aromatic carbocycles. The molecule has 0 heterocycles. The third-order valence-corrected chi connectivity index (χ3v) is 0.627. The van der Waals surface area contributed by atoms with Crippen LogP contribution in [0.5, 0.6) is 0 Å². The molecule has 0 aromatic rings. The number of carboxylic acid groups (broad SMARTS) is 1. The third kappa shape index (κ3) is 5.03. The van der Waals surface area contributed by atoms with E-state index in [0.717, 1.165) is 6.08 Å². The van der Waals surface area contributed by atoms with Crippen molar-refractivity contribution in [3.63, 3.8) is 0 Å². The van der Waals surface area contributed by atoms with Crippen molar-refractivity contribution < 1.29 is 20.2 Å². The van der Waals surface area contributed by atoms with Crippen molar-refractivity contribution in [3.8, 4) is 0 Å². The first-order valence-electron chi connectivity index (χ1n) is 4.55. The van der Waals surface area contributed by atoms with Crippen LogP contribution in [-0.2, 0) is 9.59 Å². The predicted molar refractivity (Wildman–Crippen MR) is 36.7 cm³/mol. The van der Waals surface area contributed by atoms with Crippen LogP contribution in [0, 0.1) is 0 Å². The molecule has 3 heteroatoms. The number of hydrogen-bond acceptors (Lipinski definition) is 2. The lowest BCUT2D eigenvalue weighted by atomic mass is 10.2. The van der Waals surface area contributed by atoms with Gasteiger partial charge in [0.1, 0.15) is 12.2 Å². The van der Waals surface area contributed by atoms with E-state index in [1.807, 2.05) is 0 Å². The fourth-order valence-corrected chi connectivity index (χ4v) is 0.306. The summed E-state index contributed by atoms with van der Waals surface area (Å²) in [4.78, 5) is 21.5. The monoisotopic (exact) mass is 146 g/mol. The third-order valence-electron chi connectivity index (χ3n) is 0.627. The zero-order chi connectivity index (χ0) is 11.6. The lowest BCUT2D eigenvalue weighted by Gasteiger charge is -1.91. The highest BCUT2D eigenvalue weighted by atomic mass is 16.4. The maximum atomic E-state index is 11.1. The minimum absolute atomic E-state index is 0.418. The van der Waals surface area contributed by atoms with E-state index in [1.165, 1.54) is 0 Å². The summed E-state index contributed by atoms with van der Waals surface area (Å²) in [6.45, 7) is 3.19. The molecular weight excluding hydrogens is 132 g/mol. The summed E-state index contributed by atoms with van der Waals surface area (Å²) in [5.41, 5.74) is 0. The molecule has 0 bridgehead atoms. The molecule has 10 heavy (non-hydrogen) atoms. The van der Waals surface area contributed by atoms with Crippen LogP contribution in [0.25, 0.3) is 0 Å². The normalized spacial score (nSPS) is 17.6. The highest BCUT2D eigenvalue weighted by Gasteiger charge is 2.05. The minimum Gasteiger partial charge on any atom is -0.481 e. The van der Waals surface area contributed by atoms with Crippen molar-refractivity contribution in [2.45, 2.75) is 19.2 Å². The molecule has 0 amide bonds. The second-order valence-electron chi connectivity index (χ2n) is 1.43. The van der Waals surface area contributed by atoms with Crippen LogP contribution in [0.3, 0.4) is 0 Å². The molecule has 0 aromatic heterocycles. The van der Waals surface area contributed by atoms with Crippen LogP contribution >= 0.6 is 0 Å². The molecule has 0 spiro atoms. The van der Waals surface area contributed by atoms with E-state index in [2.05, 4.69) is 6.58 Å². The quantitative estimate of drug-likeness (QED) is 0.465. The van der Waals surface area contributed by atoms with Gasteiger partial charge in [0.15, 0.2) is 0 Å². The second-order valence-corrected chi connectivity index (χ2v) is 1.43. The summed E-state index contributed by atoms with van der Waals surface area (Å²) in [7, 11) is 0. The Hall–Kier alpha value is -1.12. The maximum Gasteiger partial charge on any atom is 0.310 e. The second kappa shape index (κ2) is 4.73. The van der Waals surface area contributed by atoms with E-state index in [4.69, 9.17) is 10.6 Å². The lowest BCUT2D eigenvalue weighted by Crippen LogP contribution is -2.05. The first kappa shape index (κ1) is 3.91. The van der Waals surface area contributed by atoms with Gasteiger partial charge >= 0.3 is 5.97 Å². The van der Waals surface area contributed by atoms with Crippen molar-refractivity contribution in [1.29, 1.82) is 0 Å². The summed E-state index contributed by atoms with van der Waals surface area (Å²) in [6, 6.07) is 0. The van der Waals surface area contributed by atoms with Gasteiger partial charge in [-0.1, -0.05) is 6.08 Å². The van der Waals surface area contributed by atoms with Crippen molar-refractivity contribution in [3.05, 3.63) is 12.7 Å². The molecule has 0 aliphatic heterocycles. The number of rotatable bonds is 5. The average molecular weight is 146 g/mol. The standard InChI is InChI=1S/C7H10O3/c1-2-3-4-6(8)5-7(9)10/h2H,1,3-5H2,(H,9,10)/i4D2,5D2. The van der Waals surface area contributed by atoms with Gasteiger partial charge in [0.2, 0.25) is 0 Å². The van der Waals surface area contributed by atoms with Gasteiger partial charge in [0.25, 0.3) is 0 Å². The Labute approximate surface area is 65.0 Å². The van der Waals surface area contributed by atoms with Gasteiger partial charge in [-0.05, 0) is 6.42 Å². The fourth-order valence-electron chi connectivity index (χ4n) is 0.306. The molecule has 3 nitrogen and oxygen atoms in total. The predicted octanol–water partition coefficient (Wildman–Crippen LogP) is 0.996. The number of carboxylic acids is 1. The molecule has 0 aliphatic carbocycles. The van der Waals surface area contributed by atoms with E-state index in [1.54, 1.807) is 0 Å². The van der Waals surface area contributed by atoms with E-state index >= 15 is 0 Å². The maximum absolute atomic E-state index is 11.1. The first-order chi connectivity index (χ1) is 6.16. The van der Waals surface area contributed by atoms with E-state index in [9.17, 15) is 9.59 Å². The summed E-state index contributed by atoms with van der Waals surface area (Å²) in [5, 5.41) is 8.35. The molecule has 0 fully saturated rings. The first-order valence-corrected chi connectivity index (χ1v) is 2.55. The fraction of sp³-hybridized carbons (Fsp3) is 0.429. The number of carbonyl (C=O) groups excluding carboxylic acids is 1. The molecule has 0 aliphatic rings. The molecule has 0 unspecified atom stereocenters. The summed E-state index contributed by atoms with van der Waals surface area (Å²) in [6.07, 6.45) is -5.06. The Balaban J connectivity index is 4.94. The summed E-state index contributed by atoms with van der Waals surface area (Å²) < 4.78 is 28.0. The van der Waals surface area contributed by atoms with E-state index in [0.29, 0.717) is 0 Å². The minimum atomic E-state index is -3.20. The number of Topliss-reactive ketones (excluding diaryl/α,β-unsaturated/α-hetero) is 1. The molecular formula is C7H10O3. The van der Waals surface area contributed by atoms with Crippen molar-refractivity contribution in [2.24, 2.45) is 0 Å². The zero-order valence-electron chi connectivity index (χ0n) is 9.26. The van der Waals surface area contributed by atoms with Crippen molar-refractivity contribution >= 4 is 11.8 Å². The topological polar surface area (TPSA) is 54.4 Å². The van der Waals surface area contributed by atoms with Crippen LogP contribution in [0.15, 0.2) is 12.7 Å². The molecule has 56 valence electrons. The molecule has 0 radical (unpaired) electrons. The molecule has 0 rings (SSSR count). The van der Waals surface area contributed by atoms with Crippen LogP contribution in [0.2, 0.25) is 0 Å². The number of ketones is 1. The SMILES string of the molecule is [2H]C([2H])(CC=C)C(=O)C([2H])([2H])C(=O)O. The van der Waals surface area contributed by atoms with Gasteiger partial charge in [-0.2, -0.15) is 0 Å². The lowest BCUT2D eigenvalue weighted by molar-refractivity contribution is -0.140. The van der Waals surface area contributed by atoms with Crippen LogP contribution in [-0.4, -0.2) is 16.9 Å². The number of hydrogen-bond donors (Lipinski definition) is 1. The van der Waals surface area contributed by atoms with Gasteiger partial charge in [0, 0.05) is 11.9 Å². The average Bonchev–Trinajstić information content (AvgIpc) is 2.02. The molecule has 0 saturated carbocycles.